The fraction of sp³-hybridized carbons (Fsp3) is 0.500. The number of carbonyl (C=O) groups is 2. The average Bonchev–Trinajstić information content (AvgIpc) is 4.14. The first-order valence-electron chi connectivity index (χ1n) is 20.0. The number of ether oxygens (including phenoxy) is 4. The van der Waals surface area contributed by atoms with Crippen molar-refractivity contribution in [3.8, 4) is 0 Å². The van der Waals surface area contributed by atoms with Crippen LogP contribution in [0.5, 0.6) is 0 Å². The van der Waals surface area contributed by atoms with Crippen molar-refractivity contribution in [2.45, 2.75) is 129 Å². The van der Waals surface area contributed by atoms with Crippen LogP contribution >= 0.6 is 57.1 Å². The first-order valence-corrected chi connectivity index (χ1v) is 24.6. The van der Waals surface area contributed by atoms with Crippen molar-refractivity contribution in [1.29, 1.82) is 0 Å². The number of thioether (sulfide) groups is 1. The van der Waals surface area contributed by atoms with Crippen molar-refractivity contribution >= 4 is 68.7 Å². The molecule has 0 bridgehead atoms. The number of thiophene rings is 4. The number of hydrogen-bond acceptors (Lipinski definition) is 14. The van der Waals surface area contributed by atoms with Gasteiger partial charge in [0.1, 0.15) is 5.76 Å². The van der Waals surface area contributed by atoms with Crippen LogP contribution in [0.25, 0.3) is 0 Å². The zero-order chi connectivity index (χ0) is 41.4. The highest BCUT2D eigenvalue weighted by Gasteiger charge is 2.19. The van der Waals surface area contributed by atoms with E-state index in [0.717, 1.165) is 66.9 Å². The summed E-state index contributed by atoms with van der Waals surface area (Å²) in [5.74, 6) is 2.73. The van der Waals surface area contributed by atoms with E-state index in [4.69, 9.17) is 33.6 Å². The molecule has 0 radical (unpaired) electrons. The van der Waals surface area contributed by atoms with Gasteiger partial charge in [-0.15, -0.1) is 34.4 Å². The van der Waals surface area contributed by atoms with Crippen LogP contribution in [0.3, 0.4) is 0 Å². The van der Waals surface area contributed by atoms with E-state index in [0.29, 0.717) is 30.9 Å². The van der Waals surface area contributed by atoms with Crippen molar-refractivity contribution in [3.63, 3.8) is 0 Å². The molecule has 0 amide bonds. The van der Waals surface area contributed by atoms with E-state index < -0.39 is 0 Å². The Morgan fingerprint density at radius 1 is 0.724 bits per heavy atom. The zero-order valence-corrected chi connectivity index (χ0v) is 37.9. The molecule has 2 N–H and O–H groups in total. The zero-order valence-electron chi connectivity index (χ0n) is 33.8. The molecule has 0 aliphatic carbocycles. The molecule has 0 aromatic carbocycles. The SMILES string of the molecule is CCC(=O)c1sccc1CO.CCC(=O)c1sccc1COC1CCCCO1.CCc1occ2c1SCC2.OCc1ccsc1.c1cc(COC2CCCCO2)cs1. The van der Waals surface area contributed by atoms with E-state index >= 15 is 0 Å². The summed E-state index contributed by atoms with van der Waals surface area (Å²) in [5, 5.41) is 29.1. The molecular weight excluding hydrogens is 833 g/mol. The number of rotatable bonds is 13. The van der Waals surface area contributed by atoms with Gasteiger partial charge in [-0.1, -0.05) is 20.8 Å². The highest BCUT2D eigenvalue weighted by Crippen LogP contribution is 2.35. The van der Waals surface area contributed by atoms with Gasteiger partial charge in [0.05, 0.1) is 47.3 Å². The predicted octanol–water partition coefficient (Wildman–Crippen LogP) is 11.7. The first-order chi connectivity index (χ1) is 28.4. The number of hydrogen-bond donors (Lipinski definition) is 2. The minimum atomic E-state index is -0.0896. The van der Waals surface area contributed by atoms with Crippen LogP contribution in [0.1, 0.15) is 125 Å². The molecule has 2 unspecified atom stereocenters. The van der Waals surface area contributed by atoms with Crippen molar-refractivity contribution in [2.24, 2.45) is 0 Å². The number of fused-ring (bicyclic) bond motifs is 1. The van der Waals surface area contributed by atoms with Gasteiger partial charge in [-0.2, -0.15) is 22.7 Å². The molecule has 58 heavy (non-hydrogen) atoms. The van der Waals surface area contributed by atoms with Gasteiger partial charge in [0, 0.05) is 43.8 Å². The molecular formula is C44H58O9S5. The minimum absolute atomic E-state index is 0.0358. The number of Topliss-reactive ketones (excluding diaryl/α,β-unsaturated/α-hetero) is 2. The number of carbonyl (C=O) groups excluding carboxylic acids is 2. The van der Waals surface area contributed by atoms with Crippen LogP contribution in [0, 0.1) is 0 Å². The van der Waals surface area contributed by atoms with E-state index in [1.54, 1.807) is 28.7 Å². The van der Waals surface area contributed by atoms with Crippen molar-refractivity contribution in [1.82, 2.24) is 0 Å². The van der Waals surface area contributed by atoms with E-state index in [-0.39, 0.29) is 37.4 Å². The minimum Gasteiger partial charge on any atom is -0.468 e. The van der Waals surface area contributed by atoms with Gasteiger partial charge >= 0.3 is 0 Å². The highest BCUT2D eigenvalue weighted by molar-refractivity contribution is 7.99. The summed E-state index contributed by atoms with van der Waals surface area (Å²) in [5.41, 5.74) is 5.42. The number of aryl methyl sites for hydroxylation is 2. The maximum Gasteiger partial charge on any atom is 0.172 e. The van der Waals surface area contributed by atoms with E-state index in [2.05, 4.69) is 23.8 Å². The third kappa shape index (κ3) is 16.5. The van der Waals surface area contributed by atoms with Crippen molar-refractivity contribution in [2.75, 3.05) is 19.0 Å². The Hall–Kier alpha value is -2.47. The molecule has 2 atom stereocenters. The summed E-state index contributed by atoms with van der Waals surface area (Å²) in [6.07, 6.45) is 11.8. The Bertz CT molecular complexity index is 1810. The summed E-state index contributed by atoms with van der Waals surface area (Å²) in [4.78, 5) is 25.8. The standard InChI is InChI=1S/C13H18O3S.C10H14O2S.C8H10O2S.C8H10OS.C5H6OS/c1-2-11(14)13-10(6-8-17-13)9-16-12-5-3-4-7-15-12;1-2-5-11-10(3-1)12-7-9-4-6-13-8-9;1-2-7(10)8-6(5-9)3-4-11-8;1-2-7-8-6(5-9-7)3-4-10-8;6-3-5-1-2-7-4-5/h6,8,12H,2-5,7,9H2,1H3;4,6,8,10H,1-3,5,7H2;3-4,9H,2,5H2,1H3;5H,2-4H2,1H3;1-2,4,6H,3H2. The Morgan fingerprint density at radius 2 is 1.31 bits per heavy atom. The van der Waals surface area contributed by atoms with Gasteiger partial charge < -0.3 is 33.6 Å². The fourth-order valence-corrected chi connectivity index (χ4v) is 10.2. The second-order valence-corrected chi connectivity index (χ2v) is 17.9. The highest BCUT2D eigenvalue weighted by atomic mass is 32.2. The normalized spacial score (nSPS) is 16.9. The number of aliphatic hydroxyl groups excluding tert-OH is 2. The maximum absolute atomic E-state index is 11.7. The molecule has 8 rings (SSSR count). The maximum atomic E-state index is 11.7. The third-order valence-electron chi connectivity index (χ3n) is 9.12. The van der Waals surface area contributed by atoms with Gasteiger partial charge in [-0.25, -0.2) is 0 Å². The second-order valence-electron chi connectivity index (χ2n) is 13.4. The lowest BCUT2D eigenvalue weighted by Gasteiger charge is -2.22. The monoisotopic (exact) mass is 890 g/mol. The van der Waals surface area contributed by atoms with Crippen LogP contribution in [-0.2, 0) is 58.2 Å². The lowest BCUT2D eigenvalue weighted by atomic mass is 10.2. The molecule has 9 nitrogen and oxygen atoms in total. The molecule has 0 spiro atoms. The summed E-state index contributed by atoms with van der Waals surface area (Å²) < 4.78 is 27.6. The average molecular weight is 891 g/mol. The molecule has 2 saturated heterocycles. The van der Waals surface area contributed by atoms with Crippen molar-refractivity contribution in [3.05, 3.63) is 106 Å². The predicted molar refractivity (Wildman–Crippen MR) is 238 cm³/mol. The summed E-state index contributed by atoms with van der Waals surface area (Å²) in [6, 6.07) is 7.75. The molecule has 5 aromatic heterocycles. The van der Waals surface area contributed by atoms with Gasteiger partial charge in [-0.05, 0) is 124 Å². The van der Waals surface area contributed by atoms with Crippen LogP contribution < -0.4 is 0 Å². The fourth-order valence-electron chi connectivity index (χ4n) is 5.82. The molecule has 3 aliphatic rings. The summed E-state index contributed by atoms with van der Waals surface area (Å²) >= 11 is 8.14. The largest absolute Gasteiger partial charge is 0.468 e. The summed E-state index contributed by atoms with van der Waals surface area (Å²) in [7, 11) is 0. The van der Waals surface area contributed by atoms with E-state index in [1.807, 2.05) is 65.5 Å². The molecule has 2 fully saturated rings. The molecule has 8 heterocycles. The Balaban J connectivity index is 0.000000165. The molecule has 0 saturated carbocycles. The number of ketones is 2. The topological polar surface area (TPSA) is 125 Å². The van der Waals surface area contributed by atoms with Crippen LogP contribution in [0.4, 0.5) is 0 Å². The first kappa shape index (κ1) is 48.2. The molecule has 3 aliphatic heterocycles. The number of furan rings is 1. The quantitative estimate of drug-likeness (QED) is 0.110. The van der Waals surface area contributed by atoms with Crippen LogP contribution in [0.2, 0.25) is 0 Å². The summed E-state index contributed by atoms with van der Waals surface area (Å²) in [6.45, 7) is 8.79. The van der Waals surface area contributed by atoms with Gasteiger partial charge in [0.25, 0.3) is 0 Å². The smallest absolute Gasteiger partial charge is 0.172 e. The molecule has 5 aromatic rings. The molecule has 318 valence electrons. The molecule has 14 heteroatoms. The second kappa shape index (κ2) is 28.1. The Kier molecular flexibility index (Phi) is 23.4. The Morgan fingerprint density at radius 3 is 1.81 bits per heavy atom. The van der Waals surface area contributed by atoms with Gasteiger partial charge in [-0.3, -0.25) is 9.59 Å². The van der Waals surface area contributed by atoms with Crippen molar-refractivity contribution < 1.29 is 43.2 Å². The lowest BCUT2D eigenvalue weighted by Crippen LogP contribution is -2.22. The van der Waals surface area contributed by atoms with Crippen LogP contribution in [0.15, 0.2) is 72.1 Å². The third-order valence-corrected chi connectivity index (χ3v) is 13.8. The van der Waals surface area contributed by atoms with Crippen LogP contribution in [-0.4, -0.2) is 53.3 Å². The van der Waals surface area contributed by atoms with E-state index in [9.17, 15) is 9.59 Å². The lowest BCUT2D eigenvalue weighted by molar-refractivity contribution is -0.169. The Labute approximate surface area is 363 Å². The van der Waals surface area contributed by atoms with Gasteiger partial charge in [0.15, 0.2) is 24.1 Å². The number of aliphatic hydroxyl groups is 2. The van der Waals surface area contributed by atoms with E-state index in [1.165, 1.54) is 69.5 Å². The van der Waals surface area contributed by atoms with Gasteiger partial charge in [0.2, 0.25) is 0 Å².